The van der Waals surface area contributed by atoms with Crippen molar-refractivity contribution in [3.63, 3.8) is 0 Å². The average Bonchev–Trinajstić information content (AvgIpc) is 3.33. The van der Waals surface area contributed by atoms with E-state index in [9.17, 15) is 18.0 Å². The number of carbonyl (C=O) groups is 1. The topological polar surface area (TPSA) is 144 Å². The zero-order valence-electron chi connectivity index (χ0n) is 19.7. The lowest BCUT2D eigenvalue weighted by Gasteiger charge is -2.11. The third-order valence-corrected chi connectivity index (χ3v) is 5.64. The predicted octanol–water partition coefficient (Wildman–Crippen LogP) is 4.61. The van der Waals surface area contributed by atoms with Gasteiger partial charge in [-0.2, -0.15) is 22.8 Å². The normalized spacial score (nSPS) is 11.2. The van der Waals surface area contributed by atoms with Gasteiger partial charge in [0.1, 0.15) is 12.3 Å². The van der Waals surface area contributed by atoms with E-state index in [1.165, 1.54) is 30.0 Å². The number of anilines is 3. The molecule has 0 aliphatic carbocycles. The first-order valence-corrected chi connectivity index (χ1v) is 11.3. The van der Waals surface area contributed by atoms with E-state index in [0.29, 0.717) is 28.3 Å². The lowest BCUT2D eigenvalue weighted by Crippen LogP contribution is -2.33. The number of benzene rings is 2. The molecule has 0 aliphatic heterocycles. The van der Waals surface area contributed by atoms with Crippen molar-refractivity contribution in [3.8, 4) is 23.0 Å². The molecule has 4 aromatic rings. The van der Waals surface area contributed by atoms with E-state index < -0.39 is 18.6 Å². The molecule has 0 bridgehead atoms. The number of hydrogen-bond donors (Lipinski definition) is 4. The van der Waals surface area contributed by atoms with Gasteiger partial charge in [-0.1, -0.05) is 23.7 Å². The lowest BCUT2D eigenvalue weighted by molar-refractivity contribution is -0.123. The molecule has 2 aromatic heterocycles. The van der Waals surface area contributed by atoms with E-state index in [2.05, 4.69) is 20.4 Å². The average molecular weight is 545 g/mol. The number of nitrogens with zero attached hydrogens (tertiary/aromatic N) is 4. The largest absolute Gasteiger partial charge is 0.496 e. The lowest BCUT2D eigenvalue weighted by atomic mass is 10.1. The quantitative estimate of drug-likeness (QED) is 0.187. The van der Waals surface area contributed by atoms with Gasteiger partial charge in [-0.3, -0.25) is 4.79 Å². The van der Waals surface area contributed by atoms with Gasteiger partial charge in [-0.15, -0.1) is 5.10 Å². The second kappa shape index (κ2) is 10.8. The molecule has 4 rings (SSSR count). The third kappa shape index (κ3) is 5.67. The number of ether oxygens (including phenoxy) is 1. The Morgan fingerprint density at radius 2 is 2.03 bits per heavy atom. The summed E-state index contributed by atoms with van der Waals surface area (Å²) in [7, 11) is 1.29. The molecule has 0 saturated heterocycles. The number of nitrogens with two attached hydrogens (primary N) is 1. The summed E-state index contributed by atoms with van der Waals surface area (Å²) in [5.41, 5.74) is 7.28. The Morgan fingerprint density at radius 3 is 2.68 bits per heavy atom. The number of alkyl halides is 3. The molecule has 5 N–H and O–H groups in total. The van der Waals surface area contributed by atoms with Crippen LogP contribution in [-0.2, 0) is 0 Å². The highest BCUT2D eigenvalue weighted by Gasteiger charge is 2.28. The van der Waals surface area contributed by atoms with Crippen LogP contribution < -0.4 is 21.1 Å². The Morgan fingerprint density at radius 1 is 1.24 bits per heavy atom. The smallest absolute Gasteiger partial charge is 0.405 e. The Hall–Kier alpha value is -4.65. The molecular weight excluding hydrogens is 525 g/mol. The first-order chi connectivity index (χ1) is 18.1. The van der Waals surface area contributed by atoms with Crippen LogP contribution >= 0.6 is 11.6 Å². The van der Waals surface area contributed by atoms with Crippen molar-refractivity contribution in [3.05, 3.63) is 70.9 Å². The molecule has 2 aromatic carbocycles. The van der Waals surface area contributed by atoms with E-state index >= 15 is 0 Å². The maximum absolute atomic E-state index is 12.5. The van der Waals surface area contributed by atoms with Crippen LogP contribution in [0.5, 0.6) is 5.75 Å². The first-order valence-electron chi connectivity index (χ1n) is 10.9. The Kier molecular flexibility index (Phi) is 7.48. The second-order valence-corrected chi connectivity index (χ2v) is 8.15. The second-order valence-electron chi connectivity index (χ2n) is 7.77. The molecule has 0 aliphatic rings. The first kappa shape index (κ1) is 26.4. The Bertz CT molecular complexity index is 1490. The van der Waals surface area contributed by atoms with Crippen molar-refractivity contribution in [2.24, 2.45) is 0 Å². The van der Waals surface area contributed by atoms with Crippen molar-refractivity contribution in [1.29, 1.82) is 5.41 Å². The Balaban J connectivity index is 1.74. The molecule has 0 unspecified atom stereocenters. The number of carbonyl (C=O) groups excluding carboxylic acids is 1. The van der Waals surface area contributed by atoms with Gasteiger partial charge in [0, 0.05) is 29.2 Å². The van der Waals surface area contributed by atoms with Gasteiger partial charge >= 0.3 is 6.18 Å². The van der Waals surface area contributed by atoms with E-state index in [1.54, 1.807) is 36.5 Å². The molecule has 0 radical (unpaired) electrons. The standard InChI is InChI=1S/C24H20ClF3N8O2/c1-38-18-10-13(5-6-14(18)22(37)32-12-24(26,27)28)21-34-23(36(35-21)19-4-2-3-9-31-19)33-17-8-7-16(30)15(11-29)20(17)25/h2-11,29H,12,30H2,1H3,(H,32,37)(H,33,34,35). The number of aromatic nitrogens is 4. The minimum atomic E-state index is -4.55. The van der Waals surface area contributed by atoms with Crippen LogP contribution in [-0.4, -0.2) is 51.7 Å². The number of halogens is 4. The molecular formula is C24H20ClF3N8O2. The van der Waals surface area contributed by atoms with Crippen LogP contribution in [0.1, 0.15) is 15.9 Å². The molecule has 0 saturated carbocycles. The molecule has 0 spiro atoms. The number of hydrogen-bond acceptors (Lipinski definition) is 8. The molecule has 38 heavy (non-hydrogen) atoms. The molecule has 0 fully saturated rings. The van der Waals surface area contributed by atoms with Crippen LogP contribution in [0.3, 0.4) is 0 Å². The van der Waals surface area contributed by atoms with Gasteiger partial charge in [0.25, 0.3) is 5.91 Å². The third-order valence-electron chi connectivity index (χ3n) is 5.23. The maximum atomic E-state index is 12.5. The maximum Gasteiger partial charge on any atom is 0.405 e. The predicted molar refractivity (Wildman–Crippen MR) is 137 cm³/mol. The van der Waals surface area contributed by atoms with Gasteiger partial charge in [0.2, 0.25) is 5.95 Å². The van der Waals surface area contributed by atoms with Crippen LogP contribution in [0.2, 0.25) is 5.02 Å². The summed E-state index contributed by atoms with van der Waals surface area (Å²) in [5.74, 6) is -0.0874. The fourth-order valence-electron chi connectivity index (χ4n) is 3.42. The van der Waals surface area contributed by atoms with Gasteiger partial charge in [-0.05, 0) is 36.4 Å². The van der Waals surface area contributed by atoms with Crippen molar-refractivity contribution in [2.75, 3.05) is 24.7 Å². The summed E-state index contributed by atoms with van der Waals surface area (Å²) in [4.78, 5) is 21.1. The summed E-state index contributed by atoms with van der Waals surface area (Å²) < 4.78 is 44.2. The number of rotatable bonds is 8. The van der Waals surface area contributed by atoms with Crippen LogP contribution in [0.4, 0.5) is 30.5 Å². The van der Waals surface area contributed by atoms with Gasteiger partial charge in [-0.25, -0.2) is 4.98 Å². The summed E-state index contributed by atoms with van der Waals surface area (Å²) in [6.07, 6.45) is -1.95. The zero-order chi connectivity index (χ0) is 27.4. The minimum absolute atomic E-state index is 0.0306. The number of pyridine rings is 1. The molecule has 0 atom stereocenters. The summed E-state index contributed by atoms with van der Waals surface area (Å²) in [6, 6.07) is 12.6. The summed E-state index contributed by atoms with van der Waals surface area (Å²) in [6.45, 7) is -1.48. The summed E-state index contributed by atoms with van der Waals surface area (Å²) >= 11 is 6.44. The Labute approximate surface area is 219 Å². The highest BCUT2D eigenvalue weighted by Crippen LogP contribution is 2.33. The minimum Gasteiger partial charge on any atom is -0.496 e. The highest BCUT2D eigenvalue weighted by atomic mass is 35.5. The number of methoxy groups -OCH3 is 1. The van der Waals surface area contributed by atoms with E-state index in [0.717, 1.165) is 6.21 Å². The van der Waals surface area contributed by atoms with Gasteiger partial charge in [0.15, 0.2) is 11.6 Å². The highest BCUT2D eigenvalue weighted by molar-refractivity contribution is 6.36. The molecule has 196 valence electrons. The fourth-order valence-corrected chi connectivity index (χ4v) is 3.69. The van der Waals surface area contributed by atoms with E-state index in [1.807, 2.05) is 5.32 Å². The van der Waals surface area contributed by atoms with Gasteiger partial charge < -0.3 is 26.5 Å². The van der Waals surface area contributed by atoms with Crippen molar-refractivity contribution in [1.82, 2.24) is 25.1 Å². The number of nitrogen functional groups attached to an aromatic ring is 1. The SMILES string of the molecule is COc1cc(-c2nc(Nc3ccc(N)c(C=N)c3Cl)n(-c3ccccn3)n2)ccc1C(=O)NCC(F)(F)F. The van der Waals surface area contributed by atoms with E-state index in [4.69, 9.17) is 27.5 Å². The molecule has 1 amide bonds. The number of nitrogens with one attached hydrogen (secondary N) is 3. The summed E-state index contributed by atoms with van der Waals surface area (Å²) in [5, 5.41) is 17.2. The fraction of sp³-hybridized carbons (Fsp3) is 0.125. The molecule has 14 heteroatoms. The van der Waals surface area contributed by atoms with Crippen LogP contribution in [0.25, 0.3) is 17.2 Å². The molecule has 10 nitrogen and oxygen atoms in total. The van der Waals surface area contributed by atoms with Crippen molar-refractivity contribution >= 4 is 41.0 Å². The zero-order valence-corrected chi connectivity index (χ0v) is 20.4. The van der Waals surface area contributed by atoms with Crippen LogP contribution in [0.15, 0.2) is 54.7 Å². The van der Waals surface area contributed by atoms with Crippen LogP contribution in [0, 0.1) is 5.41 Å². The van der Waals surface area contributed by atoms with Gasteiger partial charge in [0.05, 0.1) is 23.4 Å². The molecule has 2 heterocycles. The number of amides is 1. The monoisotopic (exact) mass is 544 g/mol. The van der Waals surface area contributed by atoms with Crippen molar-refractivity contribution < 1.29 is 22.7 Å². The van der Waals surface area contributed by atoms with E-state index in [-0.39, 0.29) is 28.1 Å². The van der Waals surface area contributed by atoms with Crippen molar-refractivity contribution in [2.45, 2.75) is 6.18 Å².